The Balaban J connectivity index is 2.29. The topological polar surface area (TPSA) is 53.4 Å². The van der Waals surface area contributed by atoms with E-state index in [0.717, 1.165) is 30.3 Å². The lowest BCUT2D eigenvalue weighted by molar-refractivity contribution is 0.0697. The molecule has 1 aliphatic rings. The van der Waals surface area contributed by atoms with E-state index in [1.54, 1.807) is 12.3 Å². The number of hydrogen-bond donors (Lipinski definition) is 1. The van der Waals surface area contributed by atoms with Gasteiger partial charge in [0, 0.05) is 30.8 Å². The van der Waals surface area contributed by atoms with Crippen LogP contribution in [0.1, 0.15) is 10.4 Å². The summed E-state index contributed by atoms with van der Waals surface area (Å²) in [6, 6.07) is 1.55. The third kappa shape index (κ3) is 2.23. The first-order valence-corrected chi connectivity index (χ1v) is 5.94. The van der Waals surface area contributed by atoms with Gasteiger partial charge in [-0.05, 0) is 6.07 Å². The van der Waals surface area contributed by atoms with Crippen molar-refractivity contribution in [3.63, 3.8) is 0 Å². The summed E-state index contributed by atoms with van der Waals surface area (Å²) in [7, 11) is 0. The molecule has 2 rings (SSSR count). The van der Waals surface area contributed by atoms with Crippen molar-refractivity contribution >= 4 is 23.4 Å². The SMILES string of the molecule is O=C(O)c1ccncc1N1CCSCC1. The van der Waals surface area contributed by atoms with Crippen molar-refractivity contribution in [2.45, 2.75) is 0 Å². The summed E-state index contributed by atoms with van der Waals surface area (Å²) >= 11 is 1.90. The number of hydrogen-bond acceptors (Lipinski definition) is 4. The maximum atomic E-state index is 11.0. The first-order chi connectivity index (χ1) is 7.29. The molecular formula is C10H12N2O2S. The standard InChI is InChI=1S/C10H12N2O2S/c13-10(14)8-1-2-11-7-9(8)12-3-5-15-6-4-12/h1-2,7H,3-6H2,(H,13,14). The normalized spacial score (nSPS) is 16.4. The number of carboxylic acids is 1. The first-order valence-electron chi connectivity index (χ1n) is 4.79. The third-order valence-corrected chi connectivity index (χ3v) is 3.32. The number of carboxylic acid groups (broad SMARTS) is 1. The van der Waals surface area contributed by atoms with Crippen molar-refractivity contribution < 1.29 is 9.90 Å². The summed E-state index contributed by atoms with van der Waals surface area (Å²) in [4.78, 5) is 17.1. The van der Waals surface area contributed by atoms with Gasteiger partial charge in [-0.2, -0.15) is 11.8 Å². The van der Waals surface area contributed by atoms with Crippen molar-refractivity contribution in [3.8, 4) is 0 Å². The number of anilines is 1. The number of nitrogens with zero attached hydrogens (tertiary/aromatic N) is 2. The fourth-order valence-electron chi connectivity index (χ4n) is 1.62. The molecule has 4 nitrogen and oxygen atoms in total. The van der Waals surface area contributed by atoms with Crippen LogP contribution in [-0.2, 0) is 0 Å². The Morgan fingerprint density at radius 3 is 2.87 bits per heavy atom. The Morgan fingerprint density at radius 1 is 1.47 bits per heavy atom. The van der Waals surface area contributed by atoms with Crippen LogP contribution in [0.15, 0.2) is 18.5 Å². The number of carbonyl (C=O) groups is 1. The summed E-state index contributed by atoms with van der Waals surface area (Å²) in [5, 5.41) is 9.04. The molecule has 0 saturated carbocycles. The quantitative estimate of drug-likeness (QED) is 0.821. The molecule has 0 spiro atoms. The number of rotatable bonds is 2. The molecule has 2 heterocycles. The van der Waals surface area contributed by atoms with E-state index < -0.39 is 5.97 Å². The molecule has 0 amide bonds. The minimum absolute atomic E-state index is 0.344. The van der Waals surface area contributed by atoms with Crippen molar-refractivity contribution in [2.24, 2.45) is 0 Å². The Kier molecular flexibility index (Phi) is 3.11. The van der Waals surface area contributed by atoms with Gasteiger partial charge in [-0.25, -0.2) is 4.79 Å². The summed E-state index contributed by atoms with van der Waals surface area (Å²) in [6.45, 7) is 1.80. The average molecular weight is 224 g/mol. The predicted octanol–water partition coefficient (Wildman–Crippen LogP) is 1.33. The summed E-state index contributed by atoms with van der Waals surface area (Å²) < 4.78 is 0. The predicted molar refractivity (Wildman–Crippen MR) is 60.7 cm³/mol. The molecule has 1 aliphatic heterocycles. The van der Waals surface area contributed by atoms with E-state index in [9.17, 15) is 4.79 Å². The van der Waals surface area contributed by atoms with Crippen molar-refractivity contribution in [3.05, 3.63) is 24.0 Å². The van der Waals surface area contributed by atoms with Crippen LogP contribution in [0, 0.1) is 0 Å². The molecule has 1 aromatic rings. The molecule has 80 valence electrons. The highest BCUT2D eigenvalue weighted by molar-refractivity contribution is 7.99. The second-order valence-electron chi connectivity index (χ2n) is 3.30. The van der Waals surface area contributed by atoms with Crippen molar-refractivity contribution in [1.82, 2.24) is 4.98 Å². The Bertz CT molecular complexity index is 364. The summed E-state index contributed by atoms with van der Waals surface area (Å²) in [6.07, 6.45) is 3.16. The van der Waals surface area contributed by atoms with E-state index in [4.69, 9.17) is 5.11 Å². The minimum Gasteiger partial charge on any atom is -0.478 e. The van der Waals surface area contributed by atoms with Crippen LogP contribution in [0.5, 0.6) is 0 Å². The van der Waals surface area contributed by atoms with Gasteiger partial charge >= 0.3 is 5.97 Å². The van der Waals surface area contributed by atoms with Crippen LogP contribution in [0.2, 0.25) is 0 Å². The molecule has 1 N–H and O–H groups in total. The average Bonchev–Trinajstić information content (AvgIpc) is 2.30. The van der Waals surface area contributed by atoms with Crippen molar-refractivity contribution in [1.29, 1.82) is 0 Å². The zero-order valence-electron chi connectivity index (χ0n) is 8.22. The Hall–Kier alpha value is -1.23. The van der Waals surface area contributed by atoms with Gasteiger partial charge < -0.3 is 10.0 Å². The number of aromatic nitrogens is 1. The maximum absolute atomic E-state index is 11.0. The molecule has 0 aliphatic carbocycles. The molecule has 5 heteroatoms. The molecule has 1 saturated heterocycles. The summed E-state index contributed by atoms with van der Waals surface area (Å²) in [5.74, 6) is 1.22. The second-order valence-corrected chi connectivity index (χ2v) is 4.52. The molecule has 0 radical (unpaired) electrons. The van der Waals surface area contributed by atoms with E-state index in [-0.39, 0.29) is 0 Å². The van der Waals surface area contributed by atoms with E-state index >= 15 is 0 Å². The molecule has 1 aromatic heterocycles. The molecule has 0 bridgehead atoms. The Morgan fingerprint density at radius 2 is 2.20 bits per heavy atom. The highest BCUT2D eigenvalue weighted by Crippen LogP contribution is 2.22. The Labute approximate surface area is 92.3 Å². The summed E-state index contributed by atoms with van der Waals surface area (Å²) in [5.41, 5.74) is 1.09. The van der Waals surface area contributed by atoms with Crippen LogP contribution in [0.25, 0.3) is 0 Å². The zero-order valence-corrected chi connectivity index (χ0v) is 9.04. The van der Waals surface area contributed by atoms with Crippen LogP contribution in [0.4, 0.5) is 5.69 Å². The molecule has 0 aromatic carbocycles. The monoisotopic (exact) mass is 224 g/mol. The van der Waals surface area contributed by atoms with E-state index in [0.29, 0.717) is 5.56 Å². The van der Waals surface area contributed by atoms with Gasteiger partial charge in [-0.1, -0.05) is 0 Å². The second kappa shape index (κ2) is 4.53. The number of thioether (sulfide) groups is 1. The first kappa shape index (κ1) is 10.3. The lowest BCUT2D eigenvalue weighted by atomic mass is 10.2. The fourth-order valence-corrected chi connectivity index (χ4v) is 2.53. The molecule has 1 fully saturated rings. The fraction of sp³-hybridized carbons (Fsp3) is 0.400. The van der Waals surface area contributed by atoms with Gasteiger partial charge in [0.2, 0.25) is 0 Å². The lowest BCUT2D eigenvalue weighted by Gasteiger charge is -2.29. The van der Waals surface area contributed by atoms with Crippen molar-refractivity contribution in [2.75, 3.05) is 29.5 Å². The highest BCUT2D eigenvalue weighted by Gasteiger charge is 2.17. The zero-order chi connectivity index (χ0) is 10.7. The van der Waals surface area contributed by atoms with Gasteiger partial charge in [-0.15, -0.1) is 0 Å². The molecule has 0 atom stereocenters. The molecule has 15 heavy (non-hydrogen) atoms. The highest BCUT2D eigenvalue weighted by atomic mass is 32.2. The van der Waals surface area contributed by atoms with E-state index in [2.05, 4.69) is 9.88 Å². The lowest BCUT2D eigenvalue weighted by Crippen LogP contribution is -2.33. The smallest absolute Gasteiger partial charge is 0.337 e. The van der Waals surface area contributed by atoms with Gasteiger partial charge in [0.25, 0.3) is 0 Å². The molecular weight excluding hydrogens is 212 g/mol. The molecule has 0 unspecified atom stereocenters. The van der Waals surface area contributed by atoms with Gasteiger partial charge in [0.15, 0.2) is 0 Å². The van der Waals surface area contributed by atoms with Gasteiger partial charge in [0.05, 0.1) is 17.4 Å². The third-order valence-electron chi connectivity index (χ3n) is 2.38. The van der Waals surface area contributed by atoms with Crippen LogP contribution < -0.4 is 4.90 Å². The van der Waals surface area contributed by atoms with E-state index in [1.807, 2.05) is 11.8 Å². The van der Waals surface area contributed by atoms with Crippen LogP contribution >= 0.6 is 11.8 Å². The number of pyridine rings is 1. The van der Waals surface area contributed by atoms with Gasteiger partial charge in [0.1, 0.15) is 0 Å². The number of aromatic carboxylic acids is 1. The van der Waals surface area contributed by atoms with Gasteiger partial charge in [-0.3, -0.25) is 4.98 Å². The van der Waals surface area contributed by atoms with Crippen LogP contribution in [-0.4, -0.2) is 40.7 Å². The minimum atomic E-state index is -0.884. The largest absolute Gasteiger partial charge is 0.478 e. The van der Waals surface area contributed by atoms with E-state index in [1.165, 1.54) is 6.20 Å². The maximum Gasteiger partial charge on any atom is 0.337 e. The van der Waals surface area contributed by atoms with Crippen LogP contribution in [0.3, 0.4) is 0 Å².